The highest BCUT2D eigenvalue weighted by Gasteiger charge is 2.29. The van der Waals surface area contributed by atoms with Crippen LogP contribution in [0.2, 0.25) is 5.02 Å². The molecule has 0 saturated carbocycles. The van der Waals surface area contributed by atoms with Crippen molar-refractivity contribution >= 4 is 35.2 Å². The van der Waals surface area contributed by atoms with Crippen molar-refractivity contribution in [1.82, 2.24) is 10.2 Å². The maximum atomic E-state index is 13.4. The number of rotatable bonds is 10. The molecule has 0 aliphatic heterocycles. The standard InChI is InChI=1S/C26H27ClN2O2S/c1-28-26(31)24(18-20-9-4-2-5-10-20)29(19-21-11-8-12-22(27)17-21)25(30)15-16-32-23-13-6-3-7-14-23/h2-14,17,24H,15-16,18-19H2,1H3,(H,28,31). The first-order chi connectivity index (χ1) is 15.6. The number of likely N-dealkylation sites (N-methyl/N-ethyl adjacent to an activating group) is 1. The summed E-state index contributed by atoms with van der Waals surface area (Å²) in [6.07, 6.45) is 0.779. The molecule has 0 fully saturated rings. The maximum Gasteiger partial charge on any atom is 0.242 e. The van der Waals surface area contributed by atoms with Gasteiger partial charge in [0.15, 0.2) is 0 Å². The predicted molar refractivity (Wildman–Crippen MR) is 132 cm³/mol. The van der Waals surface area contributed by atoms with Crippen molar-refractivity contribution in [2.24, 2.45) is 0 Å². The molecule has 0 radical (unpaired) electrons. The van der Waals surface area contributed by atoms with Gasteiger partial charge in [-0.15, -0.1) is 11.8 Å². The van der Waals surface area contributed by atoms with Gasteiger partial charge in [-0.25, -0.2) is 0 Å². The minimum absolute atomic E-state index is 0.0575. The number of hydrogen-bond acceptors (Lipinski definition) is 3. The fraction of sp³-hybridized carbons (Fsp3) is 0.231. The molecular weight excluding hydrogens is 440 g/mol. The molecule has 1 atom stereocenters. The van der Waals surface area contributed by atoms with Crippen LogP contribution in [0.15, 0.2) is 89.8 Å². The van der Waals surface area contributed by atoms with Crippen molar-refractivity contribution in [3.8, 4) is 0 Å². The fourth-order valence-electron chi connectivity index (χ4n) is 3.47. The van der Waals surface area contributed by atoms with Gasteiger partial charge in [-0.1, -0.05) is 72.3 Å². The van der Waals surface area contributed by atoms with Gasteiger partial charge in [-0.05, 0) is 35.4 Å². The molecule has 32 heavy (non-hydrogen) atoms. The molecule has 4 nitrogen and oxygen atoms in total. The van der Waals surface area contributed by atoms with E-state index in [1.54, 1.807) is 29.8 Å². The molecule has 0 spiro atoms. The van der Waals surface area contributed by atoms with Crippen LogP contribution in [0.5, 0.6) is 0 Å². The molecule has 0 heterocycles. The van der Waals surface area contributed by atoms with Crippen molar-refractivity contribution < 1.29 is 9.59 Å². The number of halogens is 1. The number of amides is 2. The minimum Gasteiger partial charge on any atom is -0.357 e. The Balaban J connectivity index is 1.81. The molecule has 0 saturated heterocycles. The lowest BCUT2D eigenvalue weighted by Crippen LogP contribution is -2.49. The van der Waals surface area contributed by atoms with Crippen LogP contribution < -0.4 is 5.32 Å². The number of hydrogen-bond donors (Lipinski definition) is 1. The Hall–Kier alpha value is -2.76. The van der Waals surface area contributed by atoms with E-state index in [0.29, 0.717) is 30.2 Å². The van der Waals surface area contributed by atoms with E-state index in [-0.39, 0.29) is 11.8 Å². The van der Waals surface area contributed by atoms with Gasteiger partial charge in [0.1, 0.15) is 6.04 Å². The van der Waals surface area contributed by atoms with Gasteiger partial charge in [0.25, 0.3) is 0 Å². The van der Waals surface area contributed by atoms with Gasteiger partial charge in [0.05, 0.1) is 0 Å². The zero-order valence-electron chi connectivity index (χ0n) is 18.0. The monoisotopic (exact) mass is 466 g/mol. The second-order valence-corrected chi connectivity index (χ2v) is 8.99. The molecule has 0 bridgehead atoms. The molecule has 6 heteroatoms. The van der Waals surface area contributed by atoms with E-state index in [1.807, 2.05) is 78.9 Å². The van der Waals surface area contributed by atoms with E-state index in [9.17, 15) is 9.59 Å². The van der Waals surface area contributed by atoms with E-state index in [1.165, 1.54) is 0 Å². The first kappa shape index (κ1) is 23.9. The van der Waals surface area contributed by atoms with Crippen molar-refractivity contribution in [2.75, 3.05) is 12.8 Å². The molecule has 1 N–H and O–H groups in total. The lowest BCUT2D eigenvalue weighted by Gasteiger charge is -2.31. The zero-order chi connectivity index (χ0) is 22.8. The van der Waals surface area contributed by atoms with Gasteiger partial charge < -0.3 is 10.2 Å². The van der Waals surface area contributed by atoms with E-state index < -0.39 is 6.04 Å². The second-order valence-electron chi connectivity index (χ2n) is 7.38. The average Bonchev–Trinajstić information content (AvgIpc) is 2.82. The largest absolute Gasteiger partial charge is 0.357 e. The Morgan fingerprint density at radius 1 is 0.938 bits per heavy atom. The third-order valence-corrected chi connectivity index (χ3v) is 6.34. The second kappa shape index (κ2) is 12.3. The summed E-state index contributed by atoms with van der Waals surface area (Å²) in [5.74, 6) is 0.402. The molecule has 2 amide bonds. The summed E-state index contributed by atoms with van der Waals surface area (Å²) in [7, 11) is 1.60. The van der Waals surface area contributed by atoms with Gasteiger partial charge in [-0.2, -0.15) is 0 Å². The number of carbonyl (C=O) groups excluding carboxylic acids is 2. The molecule has 3 aromatic rings. The summed E-state index contributed by atoms with van der Waals surface area (Å²) in [6.45, 7) is 0.320. The highest BCUT2D eigenvalue weighted by atomic mass is 35.5. The molecular formula is C26H27ClN2O2S. The van der Waals surface area contributed by atoms with Crippen LogP contribution in [-0.4, -0.2) is 35.6 Å². The summed E-state index contributed by atoms with van der Waals surface area (Å²) in [5.41, 5.74) is 1.90. The van der Waals surface area contributed by atoms with E-state index in [0.717, 1.165) is 16.0 Å². The summed E-state index contributed by atoms with van der Waals surface area (Å²) >= 11 is 7.81. The number of thioether (sulfide) groups is 1. The summed E-state index contributed by atoms with van der Waals surface area (Å²) in [5, 5.41) is 3.34. The number of nitrogens with one attached hydrogen (secondary N) is 1. The van der Waals surface area contributed by atoms with Crippen molar-refractivity contribution in [2.45, 2.75) is 30.3 Å². The normalized spacial score (nSPS) is 11.6. The van der Waals surface area contributed by atoms with E-state index >= 15 is 0 Å². The summed E-state index contributed by atoms with van der Waals surface area (Å²) in [6, 6.07) is 26.6. The molecule has 1 unspecified atom stereocenters. The van der Waals surface area contributed by atoms with Crippen LogP contribution in [0, 0.1) is 0 Å². The molecule has 0 aliphatic carbocycles. The number of carbonyl (C=O) groups is 2. The van der Waals surface area contributed by atoms with E-state index in [4.69, 9.17) is 11.6 Å². The fourth-order valence-corrected chi connectivity index (χ4v) is 4.54. The lowest BCUT2D eigenvalue weighted by atomic mass is 10.0. The Bertz CT molecular complexity index is 1010. The minimum atomic E-state index is -0.615. The van der Waals surface area contributed by atoms with Crippen molar-refractivity contribution in [3.63, 3.8) is 0 Å². The molecule has 0 aliphatic rings. The highest BCUT2D eigenvalue weighted by Crippen LogP contribution is 2.21. The lowest BCUT2D eigenvalue weighted by molar-refractivity contribution is -0.140. The van der Waals surface area contributed by atoms with Crippen LogP contribution in [0.25, 0.3) is 0 Å². The molecule has 3 aromatic carbocycles. The van der Waals surface area contributed by atoms with Crippen LogP contribution in [-0.2, 0) is 22.6 Å². The molecule has 0 aromatic heterocycles. The Morgan fingerprint density at radius 3 is 2.25 bits per heavy atom. The highest BCUT2D eigenvalue weighted by molar-refractivity contribution is 7.99. The Morgan fingerprint density at radius 2 is 1.59 bits per heavy atom. The van der Waals surface area contributed by atoms with Crippen LogP contribution in [0.4, 0.5) is 0 Å². The zero-order valence-corrected chi connectivity index (χ0v) is 19.6. The first-order valence-electron chi connectivity index (χ1n) is 10.5. The third-order valence-electron chi connectivity index (χ3n) is 5.09. The van der Waals surface area contributed by atoms with Gasteiger partial charge in [-0.3, -0.25) is 9.59 Å². The van der Waals surface area contributed by atoms with Crippen molar-refractivity contribution in [1.29, 1.82) is 0 Å². The van der Waals surface area contributed by atoms with E-state index in [2.05, 4.69) is 5.32 Å². The molecule has 166 valence electrons. The molecule has 3 rings (SSSR count). The number of benzene rings is 3. The first-order valence-corrected chi connectivity index (χ1v) is 11.9. The topological polar surface area (TPSA) is 49.4 Å². The maximum absolute atomic E-state index is 13.4. The van der Waals surface area contributed by atoms with Gasteiger partial charge in [0, 0.05) is 42.1 Å². The number of nitrogens with zero attached hydrogens (tertiary/aromatic N) is 1. The Labute approximate surface area is 199 Å². The van der Waals surface area contributed by atoms with Gasteiger partial charge in [0.2, 0.25) is 11.8 Å². The summed E-state index contributed by atoms with van der Waals surface area (Å²) in [4.78, 5) is 29.1. The van der Waals surface area contributed by atoms with Crippen molar-refractivity contribution in [3.05, 3.63) is 101 Å². The quantitative estimate of drug-likeness (QED) is 0.417. The van der Waals surface area contributed by atoms with Gasteiger partial charge >= 0.3 is 0 Å². The average molecular weight is 467 g/mol. The summed E-state index contributed by atoms with van der Waals surface area (Å²) < 4.78 is 0. The Kier molecular flexibility index (Phi) is 9.20. The van der Waals surface area contributed by atoms with Crippen LogP contribution in [0.1, 0.15) is 17.5 Å². The smallest absolute Gasteiger partial charge is 0.242 e. The van der Waals surface area contributed by atoms with Crippen LogP contribution >= 0.6 is 23.4 Å². The van der Waals surface area contributed by atoms with Crippen LogP contribution in [0.3, 0.4) is 0 Å². The predicted octanol–water partition coefficient (Wildman–Crippen LogP) is 5.21. The SMILES string of the molecule is CNC(=O)C(Cc1ccccc1)N(Cc1cccc(Cl)c1)C(=O)CCSc1ccccc1. The third kappa shape index (κ3) is 7.14.